The molecule has 0 radical (unpaired) electrons. The van der Waals surface area contributed by atoms with Gasteiger partial charge in [-0.25, -0.2) is 0 Å². The molecule has 3 heteroatoms. The summed E-state index contributed by atoms with van der Waals surface area (Å²) in [6.45, 7) is 1.49. The van der Waals surface area contributed by atoms with Gasteiger partial charge in [-0.1, -0.05) is 30.3 Å². The van der Waals surface area contributed by atoms with Gasteiger partial charge in [0.25, 0.3) is 0 Å². The normalized spacial score (nSPS) is 12.8. The first kappa shape index (κ1) is 13.0. The zero-order valence-corrected chi connectivity index (χ0v) is 12.2. The van der Waals surface area contributed by atoms with Crippen molar-refractivity contribution < 1.29 is 9.21 Å². The number of carbonyl (C=O) groups is 1. The number of Topliss-reactive ketones (excluding diaryl/α,β-unsaturated/α-hetero) is 1. The van der Waals surface area contributed by atoms with E-state index >= 15 is 0 Å². The molecule has 0 atom stereocenters. The fraction of sp³-hybridized carbons (Fsp3) is 0.158. The number of fused-ring (bicyclic) bond motifs is 4. The molecule has 1 aromatic heterocycles. The molecule has 0 unspecified atom stereocenters. The molecule has 0 spiro atoms. The molecule has 0 bridgehead atoms. The monoisotopic (exact) mass is 290 g/mol. The average Bonchev–Trinajstić information content (AvgIpc) is 2.54. The molecule has 0 saturated carbocycles. The van der Waals surface area contributed by atoms with Crippen LogP contribution in [0.2, 0.25) is 0 Å². The molecule has 3 nitrogen and oxygen atoms in total. The van der Waals surface area contributed by atoms with Crippen molar-refractivity contribution in [1.29, 1.82) is 0 Å². The maximum absolute atomic E-state index is 12.8. The van der Waals surface area contributed by atoms with Crippen LogP contribution in [0.5, 0.6) is 0 Å². The van der Waals surface area contributed by atoms with E-state index in [1.165, 1.54) is 12.5 Å². The summed E-state index contributed by atoms with van der Waals surface area (Å²) >= 11 is 0. The minimum atomic E-state index is -0.0993. The molecule has 0 N–H and O–H groups in total. The van der Waals surface area contributed by atoms with Crippen molar-refractivity contribution in [3.63, 3.8) is 0 Å². The molecule has 0 aliphatic heterocycles. The number of aryl methyl sites for hydroxylation is 1. The third-order valence-corrected chi connectivity index (χ3v) is 4.30. The van der Waals surface area contributed by atoms with E-state index in [0.717, 1.165) is 12.0 Å². The summed E-state index contributed by atoms with van der Waals surface area (Å²) < 4.78 is 6.06. The van der Waals surface area contributed by atoms with E-state index in [9.17, 15) is 9.59 Å². The Morgan fingerprint density at radius 2 is 1.86 bits per heavy atom. The number of carbonyl (C=O) groups excluding carboxylic acids is 1. The van der Waals surface area contributed by atoms with E-state index < -0.39 is 0 Å². The van der Waals surface area contributed by atoms with Gasteiger partial charge in [-0.05, 0) is 37.5 Å². The minimum Gasteiger partial charge on any atom is -0.455 e. The first-order valence-corrected chi connectivity index (χ1v) is 7.34. The Kier molecular flexibility index (Phi) is 2.76. The average molecular weight is 290 g/mol. The fourth-order valence-electron chi connectivity index (χ4n) is 3.20. The standard InChI is InChI=1S/C19H14O3/c1-11(20)13-7-4-8-15-17(21)16-10-9-12-5-2-3-6-14(12)19(16)22-18(13)15/h2-8H,9-10H2,1H3. The third kappa shape index (κ3) is 1.75. The van der Waals surface area contributed by atoms with E-state index in [1.807, 2.05) is 18.2 Å². The molecule has 108 valence electrons. The topological polar surface area (TPSA) is 47.3 Å². The molecule has 1 heterocycles. The number of benzene rings is 2. The van der Waals surface area contributed by atoms with Crippen LogP contribution in [0.1, 0.15) is 28.4 Å². The maximum atomic E-state index is 12.8. The third-order valence-electron chi connectivity index (χ3n) is 4.30. The lowest BCUT2D eigenvalue weighted by Gasteiger charge is -2.18. The highest BCUT2D eigenvalue weighted by Crippen LogP contribution is 2.34. The van der Waals surface area contributed by atoms with Crippen LogP contribution in [-0.2, 0) is 12.8 Å². The van der Waals surface area contributed by atoms with Crippen LogP contribution in [0.4, 0.5) is 0 Å². The molecule has 0 fully saturated rings. The summed E-state index contributed by atoms with van der Waals surface area (Å²) in [6, 6.07) is 13.1. The highest BCUT2D eigenvalue weighted by Gasteiger charge is 2.23. The molecular weight excluding hydrogens is 276 g/mol. The maximum Gasteiger partial charge on any atom is 0.196 e. The SMILES string of the molecule is CC(=O)c1cccc2c(=O)c3c(oc12)-c1ccccc1CC3. The zero-order valence-electron chi connectivity index (χ0n) is 12.2. The molecule has 1 aliphatic rings. The van der Waals surface area contributed by atoms with Crippen molar-refractivity contribution >= 4 is 16.8 Å². The Balaban J connectivity index is 2.15. The van der Waals surface area contributed by atoms with Crippen LogP contribution in [0, 0.1) is 0 Å². The van der Waals surface area contributed by atoms with Crippen molar-refractivity contribution in [2.24, 2.45) is 0 Å². The van der Waals surface area contributed by atoms with Gasteiger partial charge >= 0.3 is 0 Å². The van der Waals surface area contributed by atoms with Gasteiger partial charge in [-0.2, -0.15) is 0 Å². The highest BCUT2D eigenvalue weighted by atomic mass is 16.3. The number of para-hydroxylation sites is 1. The summed E-state index contributed by atoms with van der Waals surface area (Å²) in [5, 5.41) is 0.492. The van der Waals surface area contributed by atoms with Crippen LogP contribution in [0.3, 0.4) is 0 Å². The van der Waals surface area contributed by atoms with Crippen molar-refractivity contribution in [3.8, 4) is 11.3 Å². The predicted molar refractivity (Wildman–Crippen MR) is 85.3 cm³/mol. The van der Waals surface area contributed by atoms with Gasteiger partial charge in [0, 0.05) is 11.1 Å². The minimum absolute atomic E-state index is 0.0196. The van der Waals surface area contributed by atoms with Crippen LogP contribution in [-0.4, -0.2) is 5.78 Å². The second-order valence-corrected chi connectivity index (χ2v) is 5.63. The van der Waals surface area contributed by atoms with E-state index in [0.29, 0.717) is 34.3 Å². The first-order valence-electron chi connectivity index (χ1n) is 7.34. The van der Waals surface area contributed by atoms with Gasteiger partial charge in [0.2, 0.25) is 0 Å². The molecule has 4 rings (SSSR count). The highest BCUT2D eigenvalue weighted by molar-refractivity contribution is 6.05. The quantitative estimate of drug-likeness (QED) is 0.641. The number of hydrogen-bond acceptors (Lipinski definition) is 3. The number of hydrogen-bond donors (Lipinski definition) is 0. The van der Waals surface area contributed by atoms with E-state index in [-0.39, 0.29) is 11.2 Å². The van der Waals surface area contributed by atoms with Gasteiger partial charge in [0.1, 0.15) is 11.3 Å². The van der Waals surface area contributed by atoms with Crippen LogP contribution < -0.4 is 5.43 Å². The number of ketones is 1. The summed E-state index contributed by atoms with van der Waals surface area (Å²) in [5.74, 6) is 0.519. The lowest BCUT2D eigenvalue weighted by Crippen LogP contribution is -2.16. The largest absolute Gasteiger partial charge is 0.455 e. The van der Waals surface area contributed by atoms with Crippen LogP contribution in [0.15, 0.2) is 51.7 Å². The van der Waals surface area contributed by atoms with Gasteiger partial charge in [0.15, 0.2) is 11.2 Å². The second-order valence-electron chi connectivity index (χ2n) is 5.63. The molecule has 0 saturated heterocycles. The predicted octanol–water partition coefficient (Wildman–Crippen LogP) is 3.76. The lowest BCUT2D eigenvalue weighted by atomic mass is 9.89. The summed E-state index contributed by atoms with van der Waals surface area (Å²) in [7, 11) is 0. The van der Waals surface area contributed by atoms with Crippen molar-refractivity contribution in [1.82, 2.24) is 0 Å². The van der Waals surface area contributed by atoms with E-state index in [4.69, 9.17) is 4.42 Å². The Morgan fingerprint density at radius 1 is 1.05 bits per heavy atom. The molecular formula is C19H14O3. The van der Waals surface area contributed by atoms with E-state index in [2.05, 4.69) is 6.07 Å². The van der Waals surface area contributed by atoms with Crippen LogP contribution >= 0.6 is 0 Å². The Morgan fingerprint density at radius 3 is 2.68 bits per heavy atom. The van der Waals surface area contributed by atoms with Crippen molar-refractivity contribution in [3.05, 3.63) is 69.4 Å². The summed E-state index contributed by atoms with van der Waals surface area (Å²) in [4.78, 5) is 24.6. The van der Waals surface area contributed by atoms with E-state index in [1.54, 1.807) is 18.2 Å². The number of rotatable bonds is 1. The van der Waals surface area contributed by atoms with Gasteiger partial charge < -0.3 is 4.42 Å². The van der Waals surface area contributed by atoms with Gasteiger partial charge in [0.05, 0.1) is 10.9 Å². The Bertz CT molecular complexity index is 980. The Labute approximate surface area is 127 Å². The van der Waals surface area contributed by atoms with Crippen molar-refractivity contribution in [2.75, 3.05) is 0 Å². The van der Waals surface area contributed by atoms with Crippen molar-refractivity contribution in [2.45, 2.75) is 19.8 Å². The summed E-state index contributed by atoms with van der Waals surface area (Å²) in [6.07, 6.45) is 1.51. The molecule has 0 amide bonds. The molecule has 22 heavy (non-hydrogen) atoms. The lowest BCUT2D eigenvalue weighted by molar-refractivity contribution is 0.101. The zero-order chi connectivity index (χ0) is 15.3. The smallest absolute Gasteiger partial charge is 0.196 e. The first-order chi connectivity index (χ1) is 10.7. The molecule has 3 aromatic rings. The van der Waals surface area contributed by atoms with Gasteiger partial charge in [-0.15, -0.1) is 0 Å². The second kappa shape index (κ2) is 4.67. The molecule has 1 aliphatic carbocycles. The fourth-order valence-corrected chi connectivity index (χ4v) is 3.20. The van der Waals surface area contributed by atoms with Crippen LogP contribution in [0.25, 0.3) is 22.3 Å². The molecule has 2 aromatic carbocycles. The summed E-state index contributed by atoms with van der Waals surface area (Å²) in [5.41, 5.74) is 3.69. The Hall–Kier alpha value is -2.68. The van der Waals surface area contributed by atoms with Gasteiger partial charge in [-0.3, -0.25) is 9.59 Å².